The van der Waals surface area contributed by atoms with Gasteiger partial charge in [-0.15, -0.1) is 0 Å². The average Bonchev–Trinajstić information content (AvgIpc) is 2.99. The number of nitrogens with one attached hydrogen (secondary N) is 1. The van der Waals surface area contributed by atoms with Crippen LogP contribution in [0.3, 0.4) is 0 Å². The molecule has 0 aliphatic heterocycles. The lowest BCUT2D eigenvalue weighted by molar-refractivity contribution is -0.385. The van der Waals surface area contributed by atoms with E-state index in [0.717, 1.165) is 11.8 Å². The molecule has 1 aromatic heterocycles. The second-order valence-electron chi connectivity index (χ2n) is 4.90. The number of rotatable bonds is 5. The zero-order chi connectivity index (χ0) is 17.1. The molecule has 8 nitrogen and oxygen atoms in total. The minimum Gasteiger partial charge on any atom is -0.495 e. The zero-order valence-corrected chi connectivity index (χ0v) is 13.5. The number of halogens is 1. The van der Waals surface area contributed by atoms with Crippen molar-refractivity contribution in [1.82, 2.24) is 9.78 Å². The predicted octanol–water partition coefficient (Wildman–Crippen LogP) is 2.96. The minimum absolute atomic E-state index is 0.176. The largest absolute Gasteiger partial charge is 0.495 e. The number of nitrogens with zero attached hydrogens (tertiary/aromatic N) is 3. The molecule has 0 aliphatic carbocycles. The van der Waals surface area contributed by atoms with Crippen molar-refractivity contribution in [2.75, 3.05) is 12.4 Å². The third kappa shape index (κ3) is 3.59. The van der Waals surface area contributed by atoms with E-state index in [1.165, 1.54) is 18.0 Å². The van der Waals surface area contributed by atoms with E-state index in [1.54, 1.807) is 26.0 Å². The molecule has 0 saturated carbocycles. The van der Waals surface area contributed by atoms with Crippen LogP contribution in [0.2, 0.25) is 5.02 Å². The van der Waals surface area contributed by atoms with Crippen molar-refractivity contribution in [3.63, 3.8) is 0 Å². The van der Waals surface area contributed by atoms with Crippen LogP contribution in [-0.2, 0) is 4.79 Å². The molecule has 9 heteroatoms. The topological polar surface area (TPSA) is 99.3 Å². The summed E-state index contributed by atoms with van der Waals surface area (Å²) in [4.78, 5) is 22.4. The van der Waals surface area contributed by atoms with Crippen molar-refractivity contribution in [2.24, 2.45) is 0 Å². The number of amides is 1. The van der Waals surface area contributed by atoms with Crippen molar-refractivity contribution in [2.45, 2.75) is 19.9 Å². The summed E-state index contributed by atoms with van der Waals surface area (Å²) < 4.78 is 6.42. The van der Waals surface area contributed by atoms with Crippen LogP contribution < -0.4 is 10.1 Å². The van der Waals surface area contributed by atoms with Crippen molar-refractivity contribution >= 4 is 28.9 Å². The number of hydrogen-bond donors (Lipinski definition) is 1. The van der Waals surface area contributed by atoms with Crippen LogP contribution in [0, 0.1) is 17.0 Å². The third-order valence-corrected chi connectivity index (χ3v) is 3.72. The van der Waals surface area contributed by atoms with E-state index in [1.807, 2.05) is 0 Å². The van der Waals surface area contributed by atoms with E-state index >= 15 is 0 Å². The fourth-order valence-electron chi connectivity index (χ4n) is 1.92. The van der Waals surface area contributed by atoms with Crippen molar-refractivity contribution in [1.29, 1.82) is 0 Å². The van der Waals surface area contributed by atoms with Crippen LogP contribution in [0.25, 0.3) is 0 Å². The lowest BCUT2D eigenvalue weighted by Crippen LogP contribution is -2.24. The van der Waals surface area contributed by atoms with E-state index < -0.39 is 11.0 Å². The van der Waals surface area contributed by atoms with Gasteiger partial charge >= 0.3 is 5.69 Å². The Morgan fingerprint density at radius 2 is 2.22 bits per heavy atom. The SMILES string of the molecule is COc1cc(Cl)c(C)cc1NC(=O)C(C)n1cc([N+](=O)[O-])cn1. The first kappa shape index (κ1) is 16.8. The maximum absolute atomic E-state index is 12.3. The van der Waals surface area contributed by atoms with E-state index in [-0.39, 0.29) is 11.6 Å². The summed E-state index contributed by atoms with van der Waals surface area (Å²) in [5, 5.41) is 17.7. The number of methoxy groups -OCH3 is 1. The number of aryl methyl sites for hydroxylation is 1. The van der Waals surface area contributed by atoms with Gasteiger partial charge in [0.15, 0.2) is 0 Å². The number of carbonyl (C=O) groups is 1. The van der Waals surface area contributed by atoms with Gasteiger partial charge in [-0.1, -0.05) is 11.6 Å². The molecule has 0 aliphatic rings. The summed E-state index contributed by atoms with van der Waals surface area (Å²) in [6.07, 6.45) is 2.30. The molecule has 1 amide bonds. The molecule has 1 unspecified atom stereocenters. The average molecular weight is 339 g/mol. The molecule has 122 valence electrons. The quantitative estimate of drug-likeness (QED) is 0.667. The van der Waals surface area contributed by atoms with Gasteiger partial charge in [0.25, 0.3) is 0 Å². The van der Waals surface area contributed by atoms with Gasteiger partial charge in [-0.05, 0) is 25.5 Å². The van der Waals surface area contributed by atoms with Gasteiger partial charge in [-0.25, -0.2) is 0 Å². The van der Waals surface area contributed by atoms with Crippen LogP contribution in [0.5, 0.6) is 5.75 Å². The molecule has 23 heavy (non-hydrogen) atoms. The maximum atomic E-state index is 12.3. The van der Waals surface area contributed by atoms with Crippen LogP contribution >= 0.6 is 11.6 Å². The molecule has 0 saturated heterocycles. The van der Waals surface area contributed by atoms with Crippen molar-refractivity contribution in [3.8, 4) is 5.75 Å². The first-order valence-corrected chi connectivity index (χ1v) is 7.04. The van der Waals surface area contributed by atoms with Gasteiger partial charge in [-0.2, -0.15) is 5.10 Å². The standard InChI is InChI=1S/C14H15ClN4O4/c1-8-4-12(13(23-3)5-11(8)15)17-14(20)9(2)18-7-10(6-16-18)19(21)22/h4-7,9H,1-3H3,(H,17,20). The predicted molar refractivity (Wildman–Crippen MR) is 85.0 cm³/mol. The number of carbonyl (C=O) groups excluding carboxylic acids is 1. The number of benzene rings is 1. The van der Waals surface area contributed by atoms with Gasteiger partial charge in [0.2, 0.25) is 5.91 Å². The summed E-state index contributed by atoms with van der Waals surface area (Å²) >= 11 is 6.02. The molecule has 0 radical (unpaired) electrons. The van der Waals surface area contributed by atoms with Gasteiger partial charge in [0, 0.05) is 11.1 Å². The Balaban J connectivity index is 2.21. The van der Waals surface area contributed by atoms with Gasteiger partial charge in [-0.3, -0.25) is 19.6 Å². The van der Waals surface area contributed by atoms with E-state index in [0.29, 0.717) is 16.5 Å². The molecule has 2 rings (SSSR count). The molecule has 0 fully saturated rings. The fourth-order valence-corrected chi connectivity index (χ4v) is 2.07. The summed E-state index contributed by atoms with van der Waals surface area (Å²) in [7, 11) is 1.47. The van der Waals surface area contributed by atoms with Gasteiger partial charge in [0.1, 0.15) is 24.2 Å². The van der Waals surface area contributed by atoms with Crippen LogP contribution in [0.1, 0.15) is 18.5 Å². The number of hydrogen-bond acceptors (Lipinski definition) is 5. The Morgan fingerprint density at radius 3 is 2.78 bits per heavy atom. The molecule has 1 N–H and O–H groups in total. The molecular weight excluding hydrogens is 324 g/mol. The number of nitro groups is 1. The highest BCUT2D eigenvalue weighted by atomic mass is 35.5. The van der Waals surface area contributed by atoms with Gasteiger partial charge in [0.05, 0.1) is 17.7 Å². The Bertz CT molecular complexity index is 759. The number of aromatic nitrogens is 2. The van der Waals surface area contributed by atoms with E-state index in [4.69, 9.17) is 16.3 Å². The lowest BCUT2D eigenvalue weighted by Gasteiger charge is -2.15. The number of ether oxygens (including phenoxy) is 1. The first-order valence-electron chi connectivity index (χ1n) is 6.67. The van der Waals surface area contributed by atoms with E-state index in [9.17, 15) is 14.9 Å². The molecule has 1 aromatic carbocycles. The summed E-state index contributed by atoms with van der Waals surface area (Å²) in [6, 6.07) is 2.57. The highest BCUT2D eigenvalue weighted by Crippen LogP contribution is 2.31. The molecule has 1 atom stereocenters. The smallest absolute Gasteiger partial charge is 0.307 e. The van der Waals surface area contributed by atoms with Crippen LogP contribution in [0.15, 0.2) is 24.5 Å². The Morgan fingerprint density at radius 1 is 1.52 bits per heavy atom. The second kappa shape index (κ2) is 6.66. The van der Waals surface area contributed by atoms with Crippen molar-refractivity contribution < 1.29 is 14.5 Å². The fraction of sp³-hybridized carbons (Fsp3) is 0.286. The normalized spacial score (nSPS) is 11.8. The van der Waals surface area contributed by atoms with Crippen molar-refractivity contribution in [3.05, 3.63) is 45.2 Å². The third-order valence-electron chi connectivity index (χ3n) is 3.31. The zero-order valence-electron chi connectivity index (χ0n) is 12.7. The highest BCUT2D eigenvalue weighted by molar-refractivity contribution is 6.31. The van der Waals surface area contributed by atoms with E-state index in [2.05, 4.69) is 10.4 Å². The maximum Gasteiger partial charge on any atom is 0.307 e. The number of anilines is 1. The molecule has 0 bridgehead atoms. The first-order chi connectivity index (χ1) is 10.8. The Kier molecular flexibility index (Phi) is 4.85. The molecule has 2 aromatic rings. The summed E-state index contributed by atoms with van der Waals surface area (Å²) in [6.45, 7) is 3.39. The summed E-state index contributed by atoms with van der Waals surface area (Å²) in [5.41, 5.74) is 1.07. The Labute approximate surface area is 137 Å². The molecular formula is C14H15ClN4O4. The van der Waals surface area contributed by atoms with Crippen LogP contribution in [0.4, 0.5) is 11.4 Å². The highest BCUT2D eigenvalue weighted by Gasteiger charge is 2.20. The lowest BCUT2D eigenvalue weighted by atomic mass is 10.2. The monoisotopic (exact) mass is 338 g/mol. The van der Waals surface area contributed by atoms with Crippen LogP contribution in [-0.4, -0.2) is 27.7 Å². The molecule has 1 heterocycles. The molecule has 0 spiro atoms. The minimum atomic E-state index is -0.732. The second-order valence-corrected chi connectivity index (χ2v) is 5.31. The van der Waals surface area contributed by atoms with Gasteiger partial charge < -0.3 is 10.1 Å². The Hall–Kier alpha value is -2.61. The summed E-state index contributed by atoms with van der Waals surface area (Å²) in [5.74, 6) is 0.0376.